The molecule has 2 fully saturated rings. The number of halogens is 3. The summed E-state index contributed by atoms with van der Waals surface area (Å²) in [5.74, 6) is -2.27. The maximum absolute atomic E-state index is 15.3. The maximum atomic E-state index is 15.3. The third kappa shape index (κ3) is 6.88. The number of carbonyl (C=O) groups excluding carboxylic acids is 1. The molecule has 2 aromatic carbocycles. The van der Waals surface area contributed by atoms with E-state index < -0.39 is 47.4 Å². The Morgan fingerprint density at radius 3 is 2.53 bits per heavy atom. The van der Waals surface area contributed by atoms with E-state index in [0.717, 1.165) is 33.5 Å². The van der Waals surface area contributed by atoms with Crippen molar-refractivity contribution in [2.24, 2.45) is 11.3 Å². The second-order valence-corrected chi connectivity index (χ2v) is 13.4. The monoisotopic (exact) mass is 615 g/mol. The Kier molecular flexibility index (Phi) is 9.12. The molecule has 3 unspecified atom stereocenters. The van der Waals surface area contributed by atoms with Crippen LogP contribution in [0.1, 0.15) is 55.8 Å². The second kappa shape index (κ2) is 12.7. The van der Waals surface area contributed by atoms with Crippen LogP contribution in [0.2, 0.25) is 0 Å². The molecular weight excluding hydrogens is 579 g/mol. The number of likely N-dealkylation sites (tertiary alicyclic amines) is 1. The van der Waals surface area contributed by atoms with Crippen molar-refractivity contribution in [1.29, 1.82) is 0 Å². The number of nitrogens with zero attached hydrogens (tertiary/aromatic N) is 3. The van der Waals surface area contributed by atoms with Crippen LogP contribution < -0.4 is 0 Å². The molecule has 5 rings (SSSR count). The molecule has 2 aliphatic rings. The number of hydrogen-bond acceptors (Lipinski definition) is 5. The van der Waals surface area contributed by atoms with E-state index in [1.807, 2.05) is 51.1 Å². The van der Waals surface area contributed by atoms with Crippen LogP contribution >= 0.6 is 11.3 Å². The first-order chi connectivity index (χ1) is 20.4. The average Bonchev–Trinajstić information content (AvgIpc) is 3.71. The molecule has 2 saturated heterocycles. The third-order valence-electron chi connectivity index (χ3n) is 8.04. The number of carboxylic acid groups (broad SMARTS) is 1. The van der Waals surface area contributed by atoms with Crippen molar-refractivity contribution in [3.8, 4) is 10.6 Å². The minimum Gasteiger partial charge on any atom is -0.465 e. The van der Waals surface area contributed by atoms with Gasteiger partial charge in [0.2, 0.25) is 0 Å². The topological polar surface area (TPSA) is 83.0 Å². The highest BCUT2D eigenvalue weighted by Crippen LogP contribution is 2.45. The van der Waals surface area contributed by atoms with Crippen molar-refractivity contribution in [3.05, 3.63) is 76.3 Å². The summed E-state index contributed by atoms with van der Waals surface area (Å²) in [5.41, 5.74) is 0.879. The Morgan fingerprint density at radius 1 is 1.16 bits per heavy atom. The Balaban J connectivity index is 1.63. The van der Waals surface area contributed by atoms with Crippen molar-refractivity contribution in [3.63, 3.8) is 0 Å². The Bertz CT molecular complexity index is 1460. The van der Waals surface area contributed by atoms with Crippen LogP contribution in [-0.2, 0) is 16.0 Å². The van der Waals surface area contributed by atoms with Gasteiger partial charge in [0, 0.05) is 42.5 Å². The summed E-state index contributed by atoms with van der Waals surface area (Å²) in [5, 5.41) is 9.78. The van der Waals surface area contributed by atoms with Crippen LogP contribution in [0.15, 0.2) is 48.5 Å². The van der Waals surface area contributed by atoms with E-state index in [9.17, 15) is 23.5 Å². The molecule has 2 amide bonds. The molecule has 230 valence electrons. The zero-order chi connectivity index (χ0) is 30.9. The Morgan fingerprint density at radius 2 is 1.91 bits per heavy atom. The van der Waals surface area contributed by atoms with Gasteiger partial charge in [0.1, 0.15) is 28.9 Å². The summed E-state index contributed by atoms with van der Waals surface area (Å²) < 4.78 is 50.3. The van der Waals surface area contributed by atoms with E-state index in [1.54, 1.807) is 4.90 Å². The molecule has 7 nitrogen and oxygen atoms in total. The van der Waals surface area contributed by atoms with Gasteiger partial charge in [0.05, 0.1) is 18.3 Å². The Hall–Kier alpha value is -3.44. The fraction of sp³-hybridized carbons (Fsp3) is 0.469. The van der Waals surface area contributed by atoms with E-state index in [1.165, 1.54) is 11.3 Å². The molecular formula is C32H36F3N3O4S. The average molecular weight is 616 g/mol. The van der Waals surface area contributed by atoms with Gasteiger partial charge in [0.25, 0.3) is 5.91 Å². The normalized spacial score (nSPS) is 21.3. The van der Waals surface area contributed by atoms with Crippen molar-refractivity contribution in [1.82, 2.24) is 14.8 Å². The number of ether oxygens (including phenoxy) is 1. The number of hydrogen-bond donors (Lipinski definition) is 1. The maximum Gasteiger partial charge on any atom is 0.407 e. The molecule has 0 radical (unpaired) electrons. The van der Waals surface area contributed by atoms with Crippen molar-refractivity contribution in [2.45, 2.75) is 58.4 Å². The first kappa shape index (κ1) is 31.0. The van der Waals surface area contributed by atoms with Gasteiger partial charge in [-0.3, -0.25) is 4.79 Å². The molecule has 1 N–H and O–H groups in total. The van der Waals surface area contributed by atoms with Gasteiger partial charge in [-0.25, -0.2) is 22.9 Å². The van der Waals surface area contributed by atoms with Crippen LogP contribution in [0, 0.1) is 23.0 Å². The van der Waals surface area contributed by atoms with Crippen LogP contribution in [0.4, 0.5) is 18.0 Å². The van der Waals surface area contributed by atoms with E-state index in [-0.39, 0.29) is 36.1 Å². The summed E-state index contributed by atoms with van der Waals surface area (Å²) in [4.78, 5) is 34.1. The highest BCUT2D eigenvalue weighted by Gasteiger charge is 2.45. The lowest BCUT2D eigenvalue weighted by Gasteiger charge is -2.42. The molecule has 1 aromatic heterocycles. The van der Waals surface area contributed by atoms with Gasteiger partial charge in [-0.2, -0.15) is 0 Å². The van der Waals surface area contributed by atoms with E-state index in [4.69, 9.17) is 9.72 Å². The zero-order valence-electron chi connectivity index (χ0n) is 24.4. The van der Waals surface area contributed by atoms with Crippen LogP contribution in [-0.4, -0.2) is 70.4 Å². The second-order valence-electron chi connectivity index (χ2n) is 12.3. The smallest absolute Gasteiger partial charge is 0.407 e. The highest BCUT2D eigenvalue weighted by molar-refractivity contribution is 7.15. The highest BCUT2D eigenvalue weighted by atomic mass is 32.1. The lowest BCUT2D eigenvalue weighted by atomic mass is 9.81. The lowest BCUT2D eigenvalue weighted by Crippen LogP contribution is -2.49. The molecule has 11 heteroatoms. The zero-order valence-corrected chi connectivity index (χ0v) is 25.3. The van der Waals surface area contributed by atoms with E-state index >= 15 is 4.39 Å². The number of aromatic nitrogens is 1. The first-order valence-corrected chi connectivity index (χ1v) is 15.3. The minimum atomic E-state index is -1.45. The van der Waals surface area contributed by atoms with Crippen LogP contribution in [0.25, 0.3) is 10.6 Å². The number of benzene rings is 2. The molecule has 3 aromatic rings. The van der Waals surface area contributed by atoms with Gasteiger partial charge in [-0.15, -0.1) is 11.3 Å². The van der Waals surface area contributed by atoms with Gasteiger partial charge < -0.3 is 19.6 Å². The number of rotatable bonds is 8. The fourth-order valence-electron chi connectivity index (χ4n) is 5.98. The Labute approximate surface area is 253 Å². The largest absolute Gasteiger partial charge is 0.465 e. The van der Waals surface area contributed by atoms with Gasteiger partial charge in [-0.05, 0) is 42.0 Å². The van der Waals surface area contributed by atoms with Gasteiger partial charge in [0.15, 0.2) is 0 Å². The van der Waals surface area contributed by atoms with Crippen LogP contribution in [0.5, 0.6) is 0 Å². The minimum absolute atomic E-state index is 0.0203. The summed E-state index contributed by atoms with van der Waals surface area (Å²) >= 11 is 1.24. The summed E-state index contributed by atoms with van der Waals surface area (Å²) in [7, 11) is 0. The standard InChI is InChI=1S/C32H36F3N3O4S/c1-32(2,3)28(38(30(39)25-10-7-13-42-25)17-20-16-37(31(40)41)18-24(20)35)27-26(14-19-8-5-4-6-9-19)43-29(36-27)22-15-21(33)11-12-23(22)34/h4-6,8-9,11-12,15,20,24-25,28H,7,10,13-14,16-18H2,1-3H3,(H,40,41)/t20?,24?,25?,28-/m0/s1. The van der Waals surface area contributed by atoms with Crippen molar-refractivity contribution in [2.75, 3.05) is 26.2 Å². The summed E-state index contributed by atoms with van der Waals surface area (Å²) in [6.45, 7) is 5.94. The summed E-state index contributed by atoms with van der Waals surface area (Å²) in [6, 6.07) is 12.2. The number of alkyl halides is 1. The number of thiazole rings is 1. The molecule has 3 heterocycles. The first-order valence-electron chi connectivity index (χ1n) is 14.5. The number of carbonyl (C=O) groups is 2. The predicted molar refractivity (Wildman–Crippen MR) is 158 cm³/mol. The fourth-order valence-corrected chi connectivity index (χ4v) is 7.12. The van der Waals surface area contributed by atoms with Gasteiger partial charge in [-0.1, -0.05) is 51.1 Å². The molecule has 2 aliphatic heterocycles. The molecule has 0 aliphatic carbocycles. The molecule has 43 heavy (non-hydrogen) atoms. The van der Waals surface area contributed by atoms with Crippen LogP contribution in [0.3, 0.4) is 0 Å². The SMILES string of the molecule is CC(C)(C)[C@H](c1nc(-c2cc(F)ccc2F)sc1Cc1ccccc1)N(CC1CN(C(=O)O)CC1F)C(=O)C1CCCO1. The van der Waals surface area contributed by atoms with E-state index in [2.05, 4.69) is 0 Å². The van der Waals surface area contributed by atoms with Crippen molar-refractivity contribution < 1.29 is 32.6 Å². The predicted octanol–water partition coefficient (Wildman–Crippen LogP) is 6.72. The molecule has 4 atom stereocenters. The van der Waals surface area contributed by atoms with E-state index in [0.29, 0.717) is 31.6 Å². The summed E-state index contributed by atoms with van der Waals surface area (Å²) in [6.07, 6.45) is -1.71. The van der Waals surface area contributed by atoms with Gasteiger partial charge >= 0.3 is 6.09 Å². The quantitative estimate of drug-likeness (QED) is 0.304. The van der Waals surface area contributed by atoms with Crippen molar-refractivity contribution >= 4 is 23.3 Å². The number of amides is 2. The molecule has 0 bridgehead atoms. The molecule has 0 saturated carbocycles. The molecule has 0 spiro atoms. The lowest BCUT2D eigenvalue weighted by molar-refractivity contribution is -0.147. The third-order valence-corrected chi connectivity index (χ3v) is 9.14.